The van der Waals surface area contributed by atoms with E-state index in [0.717, 1.165) is 54.5 Å². The molecule has 31 heavy (non-hydrogen) atoms. The van der Waals surface area contributed by atoms with Crippen LogP contribution in [0.4, 0.5) is 10.9 Å². The molecule has 0 bridgehead atoms. The average Bonchev–Trinajstić information content (AvgIpc) is 3.16. The molecule has 2 aromatic heterocycles. The van der Waals surface area contributed by atoms with Gasteiger partial charge in [0.25, 0.3) is 0 Å². The molecule has 7 heteroatoms. The summed E-state index contributed by atoms with van der Waals surface area (Å²) in [5.41, 5.74) is 10.7. The normalized spacial score (nSPS) is 17.8. The van der Waals surface area contributed by atoms with Crippen molar-refractivity contribution in [3.8, 4) is 17.0 Å². The number of aromatic nitrogens is 3. The molecule has 0 spiro atoms. The summed E-state index contributed by atoms with van der Waals surface area (Å²) in [5, 5.41) is 15.2. The zero-order valence-electron chi connectivity index (χ0n) is 17.4. The summed E-state index contributed by atoms with van der Waals surface area (Å²) in [7, 11) is 0. The Morgan fingerprint density at radius 2 is 1.97 bits per heavy atom. The molecule has 5 rings (SSSR count). The molecule has 0 amide bonds. The van der Waals surface area contributed by atoms with Crippen LogP contribution < -0.4 is 11.1 Å². The van der Waals surface area contributed by atoms with Crippen molar-refractivity contribution >= 4 is 27.9 Å². The first kappa shape index (κ1) is 19.8. The van der Waals surface area contributed by atoms with Crippen molar-refractivity contribution in [1.82, 2.24) is 15.0 Å². The molecule has 0 aliphatic heterocycles. The third kappa shape index (κ3) is 4.05. The highest BCUT2D eigenvalue weighted by molar-refractivity contribution is 7.15. The summed E-state index contributed by atoms with van der Waals surface area (Å²) in [4.78, 5) is 15.1. The van der Waals surface area contributed by atoms with E-state index in [0.29, 0.717) is 22.5 Å². The Kier molecular flexibility index (Phi) is 5.19. The highest BCUT2D eigenvalue weighted by Crippen LogP contribution is 2.37. The molecule has 0 fully saturated rings. The highest BCUT2D eigenvalue weighted by atomic mass is 32.1. The fraction of sp³-hybridized carbons (Fsp3) is 0.292. The number of rotatable bonds is 4. The fourth-order valence-electron chi connectivity index (χ4n) is 4.11. The third-order valence-electron chi connectivity index (χ3n) is 5.81. The Balaban J connectivity index is 1.52. The fourth-order valence-corrected chi connectivity index (χ4v) is 5.07. The second kappa shape index (κ2) is 8.15. The first-order valence-corrected chi connectivity index (χ1v) is 11.4. The van der Waals surface area contributed by atoms with Crippen molar-refractivity contribution in [1.29, 1.82) is 0 Å². The first-order valence-electron chi connectivity index (χ1n) is 10.6. The van der Waals surface area contributed by atoms with Crippen LogP contribution in [0.25, 0.3) is 16.8 Å². The number of nitrogen functional groups attached to an aromatic ring is 1. The number of nitrogens with two attached hydrogens (primary N) is 1. The molecule has 1 aromatic carbocycles. The highest BCUT2D eigenvalue weighted by Gasteiger charge is 2.25. The van der Waals surface area contributed by atoms with Crippen molar-refractivity contribution in [3.05, 3.63) is 64.5 Å². The molecule has 2 aliphatic rings. The summed E-state index contributed by atoms with van der Waals surface area (Å²) in [6.45, 7) is 2.05. The number of allylic oxidation sites excluding steroid dienone is 4. The topological polar surface area (TPSA) is 97.0 Å². The van der Waals surface area contributed by atoms with E-state index in [9.17, 15) is 5.11 Å². The number of fused-ring (bicyclic) bond motifs is 1. The van der Waals surface area contributed by atoms with Gasteiger partial charge in [-0.05, 0) is 38.2 Å². The second-order valence-corrected chi connectivity index (χ2v) is 9.24. The van der Waals surface area contributed by atoms with E-state index in [4.69, 9.17) is 15.7 Å². The van der Waals surface area contributed by atoms with Crippen LogP contribution in [-0.4, -0.2) is 26.1 Å². The third-order valence-corrected chi connectivity index (χ3v) is 6.76. The van der Waals surface area contributed by atoms with Crippen molar-refractivity contribution < 1.29 is 5.11 Å². The van der Waals surface area contributed by atoms with Crippen LogP contribution in [0.5, 0.6) is 5.75 Å². The Hall–Kier alpha value is -3.19. The standard InChI is InChI=1S/C24H25N5OS/c1-14-7-9-15(10-8-14)20-21(30)23(29-22(28-20)16-5-3-2-4-6-16)26-17-11-12-18-19(13-17)31-24(25)27-18/h2-3,5,7-10,17,30H,4,6,11-13H2,1H3,(H2,25,27)(H,26,28,29). The second-order valence-electron chi connectivity index (χ2n) is 8.12. The van der Waals surface area contributed by atoms with Crippen LogP contribution in [0.1, 0.15) is 41.2 Å². The predicted molar refractivity (Wildman–Crippen MR) is 126 cm³/mol. The van der Waals surface area contributed by atoms with E-state index >= 15 is 0 Å². The van der Waals surface area contributed by atoms with Crippen molar-refractivity contribution in [3.63, 3.8) is 0 Å². The lowest BCUT2D eigenvalue weighted by atomic mass is 9.97. The van der Waals surface area contributed by atoms with Crippen molar-refractivity contribution in [2.75, 3.05) is 11.1 Å². The van der Waals surface area contributed by atoms with Crippen molar-refractivity contribution in [2.45, 2.75) is 45.1 Å². The number of benzene rings is 1. The smallest absolute Gasteiger partial charge is 0.185 e. The van der Waals surface area contributed by atoms with Crippen LogP contribution in [0.3, 0.4) is 0 Å². The summed E-state index contributed by atoms with van der Waals surface area (Å²) in [5.74, 6) is 1.25. The van der Waals surface area contributed by atoms with E-state index in [1.165, 1.54) is 4.88 Å². The summed E-state index contributed by atoms with van der Waals surface area (Å²) >= 11 is 1.55. The van der Waals surface area contributed by atoms with E-state index < -0.39 is 0 Å². The van der Waals surface area contributed by atoms with Gasteiger partial charge >= 0.3 is 0 Å². The van der Waals surface area contributed by atoms with E-state index in [1.54, 1.807) is 11.3 Å². The van der Waals surface area contributed by atoms with Crippen molar-refractivity contribution in [2.24, 2.45) is 0 Å². The van der Waals surface area contributed by atoms with Gasteiger partial charge in [-0.2, -0.15) is 0 Å². The van der Waals surface area contributed by atoms with Gasteiger partial charge in [0.1, 0.15) is 5.69 Å². The quantitative estimate of drug-likeness (QED) is 0.544. The number of aryl methyl sites for hydroxylation is 2. The summed E-state index contributed by atoms with van der Waals surface area (Å²) in [6, 6.07) is 8.21. The number of nitrogens with zero attached hydrogens (tertiary/aromatic N) is 3. The number of thiazole rings is 1. The molecule has 2 aliphatic carbocycles. The maximum atomic E-state index is 11.1. The Labute approximate surface area is 185 Å². The van der Waals surface area contributed by atoms with Gasteiger partial charge in [-0.1, -0.05) is 48.1 Å². The minimum Gasteiger partial charge on any atom is -0.503 e. The molecule has 0 radical (unpaired) electrons. The number of aromatic hydroxyl groups is 1. The number of anilines is 2. The van der Waals surface area contributed by atoms with E-state index in [-0.39, 0.29) is 11.8 Å². The van der Waals surface area contributed by atoms with Gasteiger partial charge < -0.3 is 16.2 Å². The predicted octanol–water partition coefficient (Wildman–Crippen LogP) is 4.90. The zero-order valence-corrected chi connectivity index (χ0v) is 18.2. The van der Waals surface area contributed by atoms with Crippen LogP contribution >= 0.6 is 11.3 Å². The monoisotopic (exact) mass is 431 g/mol. The number of nitrogens with one attached hydrogen (secondary N) is 1. The Bertz CT molecular complexity index is 1180. The number of hydrogen-bond acceptors (Lipinski definition) is 7. The Morgan fingerprint density at radius 3 is 2.74 bits per heavy atom. The molecule has 0 saturated carbocycles. The van der Waals surface area contributed by atoms with Gasteiger partial charge in [0.15, 0.2) is 22.5 Å². The van der Waals surface area contributed by atoms with E-state index in [1.807, 2.05) is 37.3 Å². The van der Waals surface area contributed by atoms with Crippen LogP contribution in [-0.2, 0) is 12.8 Å². The van der Waals surface area contributed by atoms with Gasteiger partial charge in [0.05, 0.1) is 5.69 Å². The van der Waals surface area contributed by atoms with E-state index in [2.05, 4.69) is 22.5 Å². The molecular formula is C24H25N5OS. The minimum absolute atomic E-state index is 0.0918. The van der Waals surface area contributed by atoms with Crippen LogP contribution in [0.15, 0.2) is 42.5 Å². The van der Waals surface area contributed by atoms with Crippen LogP contribution in [0.2, 0.25) is 0 Å². The molecule has 4 N–H and O–H groups in total. The number of hydrogen-bond donors (Lipinski definition) is 3. The van der Waals surface area contributed by atoms with Gasteiger partial charge in [0, 0.05) is 22.9 Å². The first-order chi connectivity index (χ1) is 15.1. The molecule has 1 atom stereocenters. The maximum Gasteiger partial charge on any atom is 0.185 e. The lowest BCUT2D eigenvalue weighted by molar-refractivity contribution is 0.471. The lowest BCUT2D eigenvalue weighted by Crippen LogP contribution is -2.27. The summed E-state index contributed by atoms with van der Waals surface area (Å²) in [6.07, 6.45) is 10.7. The molecule has 6 nitrogen and oxygen atoms in total. The SMILES string of the molecule is Cc1ccc(-c2nc(C3=CC=CCC3)nc(NC3CCc4nc(N)sc4C3)c2O)cc1. The largest absolute Gasteiger partial charge is 0.503 e. The average molecular weight is 432 g/mol. The molecule has 2 heterocycles. The maximum absolute atomic E-state index is 11.1. The molecular weight excluding hydrogens is 406 g/mol. The summed E-state index contributed by atoms with van der Waals surface area (Å²) < 4.78 is 0. The van der Waals surface area contributed by atoms with Gasteiger partial charge in [-0.25, -0.2) is 15.0 Å². The molecule has 158 valence electrons. The molecule has 0 saturated heterocycles. The van der Waals surface area contributed by atoms with Crippen LogP contribution in [0, 0.1) is 6.92 Å². The van der Waals surface area contributed by atoms with Gasteiger partial charge in [-0.3, -0.25) is 0 Å². The lowest BCUT2D eigenvalue weighted by Gasteiger charge is -2.24. The van der Waals surface area contributed by atoms with Gasteiger partial charge in [0.2, 0.25) is 0 Å². The van der Waals surface area contributed by atoms with Gasteiger partial charge in [-0.15, -0.1) is 11.3 Å². The Morgan fingerprint density at radius 1 is 1.13 bits per heavy atom. The molecule has 1 unspecified atom stereocenters. The molecule has 3 aromatic rings. The minimum atomic E-state index is 0.0918. The zero-order chi connectivity index (χ0) is 21.4.